The first kappa shape index (κ1) is 23.5. The molecule has 0 spiro atoms. The van der Waals surface area contributed by atoms with Gasteiger partial charge >= 0.3 is 78.8 Å². The van der Waals surface area contributed by atoms with Crippen LogP contribution in [-0.4, -0.2) is 0 Å². The first-order valence-electron chi connectivity index (χ1n) is 0.369. The zero-order chi connectivity index (χ0) is 6.00. The summed E-state index contributed by atoms with van der Waals surface area (Å²) in [6.45, 7) is 0. The standard InChI is InChI=1S/3Cu.3O.Rh/q3*-1;;;;+3. The molecule has 0 saturated heterocycles. The van der Waals surface area contributed by atoms with E-state index in [0.717, 1.165) is 0 Å². The third kappa shape index (κ3) is 94.4. The monoisotopic (exact) mass is 340 g/mol. The summed E-state index contributed by atoms with van der Waals surface area (Å²) >= 11 is 8.81. The average molecular weight is 342 g/mol. The maximum absolute atomic E-state index is 7.81. The molecule has 0 rings (SSSR count). The van der Waals surface area contributed by atoms with Crippen molar-refractivity contribution in [3.8, 4) is 0 Å². The van der Waals surface area contributed by atoms with E-state index in [0.29, 0.717) is 0 Å². The first-order chi connectivity index (χ1) is 3.00. The van der Waals surface area contributed by atoms with Gasteiger partial charge in [0, 0.05) is 0 Å². The molecule has 3 nitrogen and oxygen atoms in total. The molecule has 0 radical (unpaired) electrons. The van der Waals surface area contributed by atoms with Gasteiger partial charge in [0.05, 0.1) is 0 Å². The van der Waals surface area contributed by atoms with Crippen LogP contribution >= 0.6 is 0 Å². The second-order valence-corrected chi connectivity index (χ2v) is 0. The molecule has 0 heterocycles. The van der Waals surface area contributed by atoms with Crippen LogP contribution in [0.25, 0.3) is 0 Å². The molecule has 0 bridgehead atoms. The van der Waals surface area contributed by atoms with Gasteiger partial charge in [-0.1, -0.05) is 0 Å². The molecule has 0 fully saturated rings. The average Bonchev–Trinajstić information content (AvgIpc) is 1.81. The summed E-state index contributed by atoms with van der Waals surface area (Å²) in [5.41, 5.74) is 0. The zero-order valence-electron chi connectivity index (χ0n) is 2.46. The summed E-state index contributed by atoms with van der Waals surface area (Å²) in [4.78, 5) is 0. The number of hydrogen-bond donors (Lipinski definition) is 0. The Morgan fingerprint density at radius 2 is 0.571 bits per heavy atom. The summed E-state index contributed by atoms with van der Waals surface area (Å²) < 4.78 is 23.4. The van der Waals surface area contributed by atoms with E-state index in [2.05, 4.69) is 47.8 Å². The van der Waals surface area contributed by atoms with Crippen LogP contribution in [0.1, 0.15) is 0 Å². The smallest absolute Gasteiger partial charge is 3.00 e. The molecule has 0 aromatic rings. The van der Waals surface area contributed by atoms with Gasteiger partial charge in [0.25, 0.3) is 0 Å². The van der Waals surface area contributed by atoms with Gasteiger partial charge in [-0.2, -0.15) is 0 Å². The Labute approximate surface area is 78.2 Å². The molecule has 0 aromatic carbocycles. The topological polar surface area (TPSA) is 51.2 Å². The molecule has 7 heteroatoms. The molecule has 7 heavy (non-hydrogen) atoms. The Bertz CT molecular complexity index is 14.9. The van der Waals surface area contributed by atoms with Gasteiger partial charge in [-0.25, -0.2) is 0 Å². The van der Waals surface area contributed by atoms with Crippen molar-refractivity contribution in [3.63, 3.8) is 0 Å². The van der Waals surface area contributed by atoms with Crippen molar-refractivity contribution in [1.82, 2.24) is 0 Å². The molecule has 0 aliphatic heterocycles. The second-order valence-electron chi connectivity index (χ2n) is 0. The second kappa shape index (κ2) is 131. The van der Waals surface area contributed by atoms with Crippen LogP contribution in [-0.2, 0) is 78.8 Å². The first-order valence-corrected chi connectivity index (χ1v) is 1.52. The number of rotatable bonds is 0. The summed E-state index contributed by atoms with van der Waals surface area (Å²) in [7, 11) is 0. The minimum absolute atomic E-state index is 0. The minimum Gasteiger partial charge on any atom is 3.00 e. The van der Waals surface area contributed by atoms with Crippen LogP contribution in [0.4, 0.5) is 0 Å². The van der Waals surface area contributed by atoms with E-state index in [1.165, 1.54) is 0 Å². The molecular weight excluding hydrogens is 342 g/mol. The summed E-state index contributed by atoms with van der Waals surface area (Å²) in [5, 5.41) is 0. The molecular formula is Cu3O3Rh. The predicted octanol–water partition coefficient (Wildman–Crippen LogP) is -0.366. The molecule has 0 unspecified atom stereocenters. The van der Waals surface area contributed by atoms with Crippen molar-refractivity contribution < 1.29 is 78.8 Å². The van der Waals surface area contributed by atoms with Crippen molar-refractivity contribution in [2.45, 2.75) is 0 Å². The Balaban J connectivity index is -0.00000000900. The van der Waals surface area contributed by atoms with E-state index in [9.17, 15) is 0 Å². The molecule has 60 valence electrons. The fourth-order valence-corrected chi connectivity index (χ4v) is 0. The molecule has 0 N–H and O–H groups in total. The molecule has 0 aliphatic rings. The Morgan fingerprint density at radius 1 is 0.571 bits per heavy atom. The van der Waals surface area contributed by atoms with Gasteiger partial charge in [0.15, 0.2) is 0 Å². The van der Waals surface area contributed by atoms with Crippen molar-refractivity contribution in [2.24, 2.45) is 0 Å². The van der Waals surface area contributed by atoms with E-state index in [1.54, 1.807) is 0 Å². The van der Waals surface area contributed by atoms with E-state index in [4.69, 9.17) is 11.5 Å². The van der Waals surface area contributed by atoms with Gasteiger partial charge in [0.1, 0.15) is 0 Å². The van der Waals surface area contributed by atoms with Crippen LogP contribution < -0.4 is 0 Å². The number of hydrogen-bond acceptors (Lipinski definition) is 3. The van der Waals surface area contributed by atoms with Crippen molar-refractivity contribution in [1.29, 1.82) is 0 Å². The van der Waals surface area contributed by atoms with Crippen LogP contribution in [0.15, 0.2) is 0 Å². The quantitative estimate of drug-likeness (QED) is 0.565. The van der Waals surface area contributed by atoms with Gasteiger partial charge in [-0.05, 0) is 0 Å². The summed E-state index contributed by atoms with van der Waals surface area (Å²) in [5.74, 6) is 0. The Kier molecular flexibility index (Phi) is 441. The van der Waals surface area contributed by atoms with Crippen LogP contribution in [0.5, 0.6) is 0 Å². The van der Waals surface area contributed by atoms with Crippen molar-refractivity contribution in [3.05, 3.63) is 0 Å². The molecule has 0 atom stereocenters. The molecule has 0 saturated carbocycles. The molecule has 0 aromatic heterocycles. The predicted molar refractivity (Wildman–Crippen MR) is 2.06 cm³/mol. The Hall–Kier alpha value is 1.58. The zero-order valence-corrected chi connectivity index (χ0v) is 6.93. The van der Waals surface area contributed by atoms with E-state index in [1.807, 2.05) is 0 Å². The molecule has 0 aliphatic carbocycles. The van der Waals surface area contributed by atoms with E-state index >= 15 is 0 Å². The Morgan fingerprint density at radius 3 is 0.571 bits per heavy atom. The van der Waals surface area contributed by atoms with Gasteiger partial charge < -0.3 is 0 Å². The maximum atomic E-state index is 7.81. The van der Waals surface area contributed by atoms with Gasteiger partial charge in [-0.3, -0.25) is 0 Å². The van der Waals surface area contributed by atoms with E-state index < -0.39 is 0 Å². The summed E-state index contributed by atoms with van der Waals surface area (Å²) in [6, 6.07) is 0. The normalized spacial score (nSPS) is 2.57. The van der Waals surface area contributed by atoms with Gasteiger partial charge in [-0.15, -0.1) is 0 Å². The van der Waals surface area contributed by atoms with Crippen molar-refractivity contribution in [2.75, 3.05) is 0 Å². The summed E-state index contributed by atoms with van der Waals surface area (Å²) in [6.07, 6.45) is 0. The van der Waals surface area contributed by atoms with Crippen LogP contribution in [0.2, 0.25) is 0 Å². The maximum Gasteiger partial charge on any atom is 3.00 e. The van der Waals surface area contributed by atoms with Crippen LogP contribution in [0.3, 0.4) is 0 Å². The van der Waals surface area contributed by atoms with Gasteiger partial charge in [0.2, 0.25) is 0 Å². The third-order valence-corrected chi connectivity index (χ3v) is 0. The molecule has 0 amide bonds. The SMILES string of the molecule is [O]=[Cu-].[O]=[Cu-].[O]=[Cu-].[Rh+3]. The minimum atomic E-state index is 0. The van der Waals surface area contributed by atoms with Crippen molar-refractivity contribution >= 4 is 0 Å². The third-order valence-electron chi connectivity index (χ3n) is 0. The van der Waals surface area contributed by atoms with E-state index in [-0.39, 0.29) is 19.5 Å². The van der Waals surface area contributed by atoms with Crippen LogP contribution in [0, 0.1) is 0 Å². The fourth-order valence-electron chi connectivity index (χ4n) is 0. The largest absolute Gasteiger partial charge is 3.00 e. The fraction of sp³-hybridized carbons (Fsp3) is 0.